The maximum atomic E-state index is 12.8. The molecule has 2 aromatic heterocycles. The first-order valence-electron chi connectivity index (χ1n) is 10.1. The maximum absolute atomic E-state index is 12.8. The van der Waals surface area contributed by atoms with Crippen LogP contribution < -0.4 is 0 Å². The van der Waals surface area contributed by atoms with E-state index in [2.05, 4.69) is 15.1 Å². The van der Waals surface area contributed by atoms with Crippen molar-refractivity contribution in [3.05, 3.63) is 60.2 Å². The Kier molecular flexibility index (Phi) is 6.47. The number of nitrogens with zero attached hydrogens (tertiary/aromatic N) is 5. The number of benzene rings is 1. The summed E-state index contributed by atoms with van der Waals surface area (Å²) in [6.07, 6.45) is 3.21. The molecule has 0 bridgehead atoms. The van der Waals surface area contributed by atoms with Crippen LogP contribution in [0.2, 0.25) is 0 Å². The predicted octanol–water partition coefficient (Wildman–Crippen LogP) is 1.34. The quantitative estimate of drug-likeness (QED) is 0.488. The second-order valence-corrected chi connectivity index (χ2v) is 9.20. The number of sulfonamides is 1. The van der Waals surface area contributed by atoms with Crippen LogP contribution in [0.25, 0.3) is 11.4 Å². The summed E-state index contributed by atoms with van der Waals surface area (Å²) in [7, 11) is -3.73. The molecule has 11 nitrogen and oxygen atoms in total. The molecule has 1 aromatic carbocycles. The van der Waals surface area contributed by atoms with Crippen molar-refractivity contribution in [1.82, 2.24) is 24.3 Å². The molecule has 0 radical (unpaired) electrons. The Morgan fingerprint density at radius 2 is 1.82 bits per heavy atom. The molecule has 1 fully saturated rings. The van der Waals surface area contributed by atoms with E-state index >= 15 is 0 Å². The molecule has 1 amide bonds. The predicted molar refractivity (Wildman–Crippen MR) is 114 cm³/mol. The van der Waals surface area contributed by atoms with Gasteiger partial charge >= 0.3 is 5.97 Å². The van der Waals surface area contributed by atoms with Gasteiger partial charge in [-0.1, -0.05) is 5.16 Å². The van der Waals surface area contributed by atoms with Gasteiger partial charge in [-0.05, 0) is 36.4 Å². The highest BCUT2D eigenvalue weighted by atomic mass is 32.2. The number of carbonyl (C=O) groups is 2. The highest BCUT2D eigenvalue weighted by Gasteiger charge is 2.29. The molecule has 1 saturated heterocycles. The van der Waals surface area contributed by atoms with Gasteiger partial charge in [0, 0.05) is 51.1 Å². The SMILES string of the molecule is CC(=O)N1CCN(S(=O)(=O)c2ccc(C(=O)OCc3nc(-c4cccnc4)no3)cc2)CC1. The Labute approximate surface area is 190 Å². The Bertz CT molecular complexity index is 1240. The Morgan fingerprint density at radius 1 is 1.09 bits per heavy atom. The lowest BCUT2D eigenvalue weighted by Gasteiger charge is -2.33. The normalized spacial score (nSPS) is 14.8. The first-order chi connectivity index (χ1) is 15.8. The van der Waals surface area contributed by atoms with Crippen molar-refractivity contribution in [2.45, 2.75) is 18.4 Å². The minimum Gasteiger partial charge on any atom is -0.452 e. The molecule has 3 aromatic rings. The van der Waals surface area contributed by atoms with Crippen LogP contribution in [-0.4, -0.2) is 70.8 Å². The summed E-state index contributed by atoms with van der Waals surface area (Å²) in [6, 6.07) is 8.99. The summed E-state index contributed by atoms with van der Waals surface area (Å²) >= 11 is 0. The van der Waals surface area contributed by atoms with E-state index in [0.717, 1.165) is 0 Å². The molecule has 4 rings (SSSR count). The molecule has 172 valence electrons. The van der Waals surface area contributed by atoms with Gasteiger partial charge in [0.2, 0.25) is 21.8 Å². The second-order valence-electron chi connectivity index (χ2n) is 7.26. The number of carbonyl (C=O) groups excluding carboxylic acids is 2. The van der Waals surface area contributed by atoms with Gasteiger partial charge in [-0.15, -0.1) is 0 Å². The zero-order valence-electron chi connectivity index (χ0n) is 17.7. The van der Waals surface area contributed by atoms with E-state index in [1.165, 1.54) is 35.5 Å². The zero-order chi connectivity index (χ0) is 23.4. The van der Waals surface area contributed by atoms with Crippen LogP contribution in [0.15, 0.2) is 58.2 Å². The molecular weight excluding hydrogens is 450 g/mol. The average Bonchev–Trinajstić information content (AvgIpc) is 3.32. The van der Waals surface area contributed by atoms with E-state index < -0.39 is 16.0 Å². The van der Waals surface area contributed by atoms with Crippen LogP contribution in [0, 0.1) is 0 Å². The lowest BCUT2D eigenvalue weighted by atomic mass is 10.2. The number of piperazine rings is 1. The van der Waals surface area contributed by atoms with Gasteiger partial charge in [0.1, 0.15) is 0 Å². The van der Waals surface area contributed by atoms with E-state index in [1.807, 2.05) is 0 Å². The Balaban J connectivity index is 1.35. The van der Waals surface area contributed by atoms with Crippen molar-refractivity contribution >= 4 is 21.9 Å². The lowest BCUT2D eigenvalue weighted by Crippen LogP contribution is -2.49. The van der Waals surface area contributed by atoms with Crippen molar-refractivity contribution in [2.24, 2.45) is 0 Å². The van der Waals surface area contributed by atoms with Crippen molar-refractivity contribution in [3.63, 3.8) is 0 Å². The van der Waals surface area contributed by atoms with Crippen molar-refractivity contribution in [1.29, 1.82) is 0 Å². The summed E-state index contributed by atoms with van der Waals surface area (Å²) in [5.41, 5.74) is 0.848. The molecule has 1 aliphatic rings. The fourth-order valence-corrected chi connectivity index (χ4v) is 4.71. The van der Waals surface area contributed by atoms with Crippen LogP contribution in [0.5, 0.6) is 0 Å². The lowest BCUT2D eigenvalue weighted by molar-refractivity contribution is -0.129. The van der Waals surface area contributed by atoms with Crippen molar-refractivity contribution in [3.8, 4) is 11.4 Å². The summed E-state index contributed by atoms with van der Waals surface area (Å²) in [6.45, 7) is 2.36. The van der Waals surface area contributed by atoms with E-state index in [0.29, 0.717) is 24.5 Å². The van der Waals surface area contributed by atoms with Gasteiger partial charge in [0.25, 0.3) is 5.89 Å². The Morgan fingerprint density at radius 3 is 2.45 bits per heavy atom. The minimum atomic E-state index is -3.73. The number of ether oxygens (including phenoxy) is 1. The van der Waals surface area contributed by atoms with Crippen LogP contribution >= 0.6 is 0 Å². The number of amides is 1. The van der Waals surface area contributed by atoms with Crippen molar-refractivity contribution in [2.75, 3.05) is 26.2 Å². The second kappa shape index (κ2) is 9.46. The van der Waals surface area contributed by atoms with Gasteiger partial charge in [-0.2, -0.15) is 9.29 Å². The topological polar surface area (TPSA) is 136 Å². The summed E-state index contributed by atoms with van der Waals surface area (Å²) < 4.78 is 37.3. The molecular formula is C21H21N5O6S. The maximum Gasteiger partial charge on any atom is 0.338 e. The third-order valence-corrected chi connectivity index (χ3v) is 7.04. The number of hydrogen-bond donors (Lipinski definition) is 0. The van der Waals surface area contributed by atoms with Gasteiger partial charge < -0.3 is 14.2 Å². The third kappa shape index (κ3) is 5.07. The minimum absolute atomic E-state index is 0.0633. The smallest absolute Gasteiger partial charge is 0.338 e. The van der Waals surface area contributed by atoms with E-state index in [-0.39, 0.29) is 42.0 Å². The molecule has 0 unspecified atom stereocenters. The molecule has 12 heteroatoms. The molecule has 0 N–H and O–H groups in total. The average molecular weight is 471 g/mol. The highest BCUT2D eigenvalue weighted by molar-refractivity contribution is 7.89. The molecule has 0 aliphatic carbocycles. The summed E-state index contributed by atoms with van der Waals surface area (Å²) in [5.74, 6) is -0.294. The third-order valence-electron chi connectivity index (χ3n) is 5.13. The number of esters is 1. The highest BCUT2D eigenvalue weighted by Crippen LogP contribution is 2.19. The standard InChI is InChI=1S/C21H21N5O6S/c1-15(27)25-9-11-26(12-10-25)33(29,30)18-6-4-16(5-7-18)21(28)31-14-19-23-20(24-32-19)17-3-2-8-22-13-17/h2-8,13H,9-12,14H2,1H3. The van der Waals surface area contributed by atoms with Crippen LogP contribution in [0.3, 0.4) is 0 Å². The number of pyridine rings is 1. The number of aromatic nitrogens is 3. The van der Waals surface area contributed by atoms with Gasteiger partial charge in [-0.3, -0.25) is 9.78 Å². The van der Waals surface area contributed by atoms with E-state index in [9.17, 15) is 18.0 Å². The molecule has 0 saturated carbocycles. The molecule has 0 spiro atoms. The van der Waals surface area contributed by atoms with Gasteiger partial charge in [0.05, 0.1) is 10.5 Å². The molecule has 3 heterocycles. The van der Waals surface area contributed by atoms with E-state index in [1.54, 1.807) is 29.4 Å². The number of hydrogen-bond acceptors (Lipinski definition) is 9. The zero-order valence-corrected chi connectivity index (χ0v) is 18.6. The van der Waals surface area contributed by atoms with Gasteiger partial charge in [-0.25, -0.2) is 13.2 Å². The van der Waals surface area contributed by atoms with Crippen molar-refractivity contribution < 1.29 is 27.3 Å². The molecule has 0 atom stereocenters. The summed E-state index contributed by atoms with van der Waals surface area (Å²) in [5, 5.41) is 3.82. The largest absolute Gasteiger partial charge is 0.452 e. The van der Waals surface area contributed by atoms with E-state index in [4.69, 9.17) is 9.26 Å². The Hall–Kier alpha value is -3.64. The fourth-order valence-electron chi connectivity index (χ4n) is 3.29. The number of rotatable bonds is 6. The van der Waals surface area contributed by atoms with Crippen LogP contribution in [0.1, 0.15) is 23.2 Å². The first-order valence-corrected chi connectivity index (χ1v) is 11.5. The fraction of sp³-hybridized carbons (Fsp3) is 0.286. The molecule has 33 heavy (non-hydrogen) atoms. The molecule has 1 aliphatic heterocycles. The monoisotopic (exact) mass is 471 g/mol. The first kappa shape index (κ1) is 22.6. The summed E-state index contributed by atoms with van der Waals surface area (Å²) in [4.78, 5) is 33.6. The van der Waals surface area contributed by atoms with Crippen LogP contribution in [0.4, 0.5) is 0 Å². The van der Waals surface area contributed by atoms with Crippen LogP contribution in [-0.2, 0) is 26.2 Å². The van der Waals surface area contributed by atoms with Gasteiger partial charge in [0.15, 0.2) is 6.61 Å².